The Balaban J connectivity index is 1.90. The number of carbonyl (C=O) groups is 1. The summed E-state index contributed by atoms with van der Waals surface area (Å²) in [4.78, 5) is 24.4. The Hall–Kier alpha value is -3.59. The van der Waals surface area contributed by atoms with Gasteiger partial charge in [0.1, 0.15) is 12.4 Å². The van der Waals surface area contributed by atoms with E-state index < -0.39 is 5.97 Å². The highest BCUT2D eigenvalue weighted by Crippen LogP contribution is 2.24. The van der Waals surface area contributed by atoms with Gasteiger partial charge in [-0.2, -0.15) is 5.10 Å². The van der Waals surface area contributed by atoms with E-state index in [1.807, 2.05) is 30.3 Å². The highest BCUT2D eigenvalue weighted by molar-refractivity contribution is 5.95. The number of carboxylic acid groups (broad SMARTS) is 1. The molecular weight excluding hydrogens is 390 g/mol. The van der Waals surface area contributed by atoms with Crippen molar-refractivity contribution in [3.05, 3.63) is 76.0 Å². The van der Waals surface area contributed by atoms with Crippen LogP contribution in [0.3, 0.4) is 0 Å². The number of hydrogen-bond donors (Lipinski definition) is 1. The summed E-state index contributed by atoms with van der Waals surface area (Å²) in [5, 5.41) is 13.9. The molecule has 31 heavy (non-hydrogen) atoms. The van der Waals surface area contributed by atoms with Crippen LogP contribution in [0.2, 0.25) is 0 Å². The number of aromatic nitrogens is 3. The van der Waals surface area contributed by atoms with Crippen molar-refractivity contribution in [3.63, 3.8) is 0 Å². The summed E-state index contributed by atoms with van der Waals surface area (Å²) in [6.07, 6.45) is 1.67. The van der Waals surface area contributed by atoms with Gasteiger partial charge >= 0.3 is 11.7 Å². The molecule has 2 aromatic carbocycles. The van der Waals surface area contributed by atoms with Crippen molar-refractivity contribution in [1.82, 2.24) is 14.3 Å². The molecule has 1 aromatic heterocycles. The van der Waals surface area contributed by atoms with Crippen molar-refractivity contribution in [2.75, 3.05) is 0 Å². The fourth-order valence-electron chi connectivity index (χ4n) is 3.40. The first-order valence-electron chi connectivity index (χ1n) is 10.4. The Kier molecular flexibility index (Phi) is 7.09. The first-order chi connectivity index (χ1) is 14.9. The second kappa shape index (κ2) is 9.94. The quantitative estimate of drug-likeness (QED) is 0.561. The fourth-order valence-corrected chi connectivity index (χ4v) is 3.40. The average Bonchev–Trinajstić information content (AvgIpc) is 3.06. The molecule has 0 saturated heterocycles. The molecule has 3 rings (SSSR count). The van der Waals surface area contributed by atoms with E-state index in [4.69, 9.17) is 0 Å². The van der Waals surface area contributed by atoms with Gasteiger partial charge in [0.25, 0.3) is 0 Å². The van der Waals surface area contributed by atoms with Gasteiger partial charge in [0.2, 0.25) is 0 Å². The van der Waals surface area contributed by atoms with Crippen molar-refractivity contribution in [3.8, 4) is 23.0 Å². The highest BCUT2D eigenvalue weighted by atomic mass is 16.4. The third-order valence-corrected chi connectivity index (χ3v) is 5.11. The minimum absolute atomic E-state index is 0.165. The van der Waals surface area contributed by atoms with Gasteiger partial charge in [-0.25, -0.2) is 14.3 Å². The summed E-state index contributed by atoms with van der Waals surface area (Å²) in [5.41, 5.74) is 2.54. The molecule has 160 valence electrons. The number of aryl methyl sites for hydroxylation is 1. The lowest BCUT2D eigenvalue weighted by Crippen LogP contribution is -2.25. The lowest BCUT2D eigenvalue weighted by atomic mass is 9.99. The smallest absolute Gasteiger partial charge is 0.347 e. The number of hydrogen-bond acceptors (Lipinski definition) is 3. The van der Waals surface area contributed by atoms with Gasteiger partial charge in [-0.05, 0) is 42.0 Å². The molecule has 0 atom stereocenters. The summed E-state index contributed by atoms with van der Waals surface area (Å²) in [5.74, 6) is 6.03. The molecular formula is C25H27N3O3. The molecule has 0 fully saturated rings. The maximum atomic E-state index is 12.9. The summed E-state index contributed by atoms with van der Waals surface area (Å²) < 4.78 is 3.13. The molecule has 6 nitrogen and oxygen atoms in total. The number of benzene rings is 2. The lowest BCUT2D eigenvalue weighted by molar-refractivity contribution is 0.0697. The van der Waals surface area contributed by atoms with Gasteiger partial charge < -0.3 is 5.11 Å². The standard InChI is InChI=1S/C25H27N3O3/c1-4-5-16-28-25(31)27(23(26-28)15-10-18(2)3)17-19-11-13-20(14-12-19)21-8-6-7-9-22(21)24(29)30/h6-9,11-14,18H,10,15-17H2,1-3H3,(H,29,30). The Morgan fingerprint density at radius 3 is 2.48 bits per heavy atom. The van der Waals surface area contributed by atoms with Gasteiger partial charge in [-0.15, -0.1) is 5.92 Å². The Morgan fingerprint density at radius 2 is 1.84 bits per heavy atom. The first-order valence-corrected chi connectivity index (χ1v) is 10.4. The van der Waals surface area contributed by atoms with Gasteiger partial charge in [0.05, 0.1) is 12.1 Å². The van der Waals surface area contributed by atoms with Crippen LogP contribution in [0.25, 0.3) is 11.1 Å². The molecule has 0 radical (unpaired) electrons. The van der Waals surface area contributed by atoms with Gasteiger partial charge in [0.15, 0.2) is 0 Å². The maximum Gasteiger partial charge on any atom is 0.347 e. The predicted molar refractivity (Wildman–Crippen MR) is 121 cm³/mol. The van der Waals surface area contributed by atoms with Crippen LogP contribution in [-0.4, -0.2) is 25.4 Å². The van der Waals surface area contributed by atoms with Crippen molar-refractivity contribution in [2.24, 2.45) is 5.92 Å². The molecule has 3 aromatic rings. The molecule has 0 spiro atoms. The van der Waals surface area contributed by atoms with E-state index in [-0.39, 0.29) is 17.8 Å². The van der Waals surface area contributed by atoms with Crippen molar-refractivity contribution < 1.29 is 9.90 Å². The zero-order chi connectivity index (χ0) is 22.4. The second-order valence-corrected chi connectivity index (χ2v) is 7.85. The van der Waals surface area contributed by atoms with E-state index in [0.29, 0.717) is 18.0 Å². The second-order valence-electron chi connectivity index (χ2n) is 7.85. The fraction of sp³-hybridized carbons (Fsp3) is 0.320. The van der Waals surface area contributed by atoms with Crippen LogP contribution in [-0.2, 0) is 19.5 Å². The van der Waals surface area contributed by atoms with Crippen molar-refractivity contribution >= 4 is 5.97 Å². The van der Waals surface area contributed by atoms with E-state index in [0.717, 1.165) is 29.8 Å². The van der Waals surface area contributed by atoms with Crippen LogP contribution < -0.4 is 5.69 Å². The zero-order valence-electron chi connectivity index (χ0n) is 18.1. The highest BCUT2D eigenvalue weighted by Gasteiger charge is 2.15. The number of carboxylic acids is 1. The van der Waals surface area contributed by atoms with Crippen LogP contribution in [0.1, 0.15) is 48.9 Å². The van der Waals surface area contributed by atoms with E-state index in [2.05, 4.69) is 30.8 Å². The monoisotopic (exact) mass is 417 g/mol. The number of nitrogens with zero attached hydrogens (tertiary/aromatic N) is 3. The summed E-state index contributed by atoms with van der Waals surface area (Å²) in [6, 6.07) is 14.6. The number of aromatic carboxylic acids is 1. The maximum absolute atomic E-state index is 12.9. The Morgan fingerprint density at radius 1 is 1.13 bits per heavy atom. The van der Waals surface area contributed by atoms with Gasteiger partial charge in [-0.3, -0.25) is 4.57 Å². The van der Waals surface area contributed by atoms with Crippen LogP contribution in [0.5, 0.6) is 0 Å². The predicted octanol–water partition coefficient (Wildman–Crippen LogP) is 4.07. The van der Waals surface area contributed by atoms with E-state index in [1.54, 1.807) is 29.7 Å². The largest absolute Gasteiger partial charge is 0.478 e. The van der Waals surface area contributed by atoms with E-state index in [9.17, 15) is 14.7 Å². The number of rotatable bonds is 8. The SMILES string of the molecule is CC#CCn1nc(CCC(C)C)n(Cc2ccc(-c3ccccc3C(=O)O)cc2)c1=O. The summed E-state index contributed by atoms with van der Waals surface area (Å²) >= 11 is 0. The van der Waals surface area contributed by atoms with Gasteiger partial charge in [-0.1, -0.05) is 62.2 Å². The zero-order valence-corrected chi connectivity index (χ0v) is 18.1. The molecule has 0 unspecified atom stereocenters. The molecule has 0 saturated carbocycles. The molecule has 6 heteroatoms. The molecule has 0 bridgehead atoms. The van der Waals surface area contributed by atoms with Crippen LogP contribution in [0, 0.1) is 17.8 Å². The molecule has 0 aliphatic rings. The average molecular weight is 418 g/mol. The van der Waals surface area contributed by atoms with Crippen molar-refractivity contribution in [1.29, 1.82) is 0 Å². The normalized spacial score (nSPS) is 10.7. The molecule has 0 aliphatic heterocycles. The topological polar surface area (TPSA) is 77.1 Å². The van der Waals surface area contributed by atoms with Crippen molar-refractivity contribution in [2.45, 2.75) is 46.7 Å². The van der Waals surface area contributed by atoms with Crippen LogP contribution >= 0.6 is 0 Å². The molecule has 0 aliphatic carbocycles. The van der Waals surface area contributed by atoms with E-state index in [1.165, 1.54) is 4.68 Å². The minimum Gasteiger partial charge on any atom is -0.478 e. The molecule has 1 heterocycles. The third-order valence-electron chi connectivity index (χ3n) is 5.11. The molecule has 0 amide bonds. The third kappa shape index (κ3) is 5.32. The summed E-state index contributed by atoms with van der Waals surface area (Å²) in [7, 11) is 0. The minimum atomic E-state index is -0.955. The first kappa shape index (κ1) is 22.1. The Labute approximate surface area is 182 Å². The van der Waals surface area contributed by atoms with E-state index >= 15 is 0 Å². The van der Waals surface area contributed by atoms with Crippen LogP contribution in [0.15, 0.2) is 53.3 Å². The summed E-state index contributed by atoms with van der Waals surface area (Å²) in [6.45, 7) is 6.73. The lowest BCUT2D eigenvalue weighted by Gasteiger charge is -2.09. The van der Waals surface area contributed by atoms with Crippen LogP contribution in [0.4, 0.5) is 0 Å². The Bertz CT molecular complexity index is 1180. The molecule has 1 N–H and O–H groups in total. The van der Waals surface area contributed by atoms with Gasteiger partial charge in [0, 0.05) is 6.42 Å².